The fraction of sp³-hybridized carbons (Fsp3) is 0.367. The van der Waals surface area contributed by atoms with Crippen molar-refractivity contribution in [2.24, 2.45) is 0 Å². The number of nitrogens with zero attached hydrogens (tertiary/aromatic N) is 4. The number of thiazole rings is 1. The Balaban J connectivity index is 1.16. The zero-order valence-corrected chi connectivity index (χ0v) is 22.4. The number of benzene rings is 2. The molecule has 0 saturated carbocycles. The molecule has 0 aliphatic carbocycles. The van der Waals surface area contributed by atoms with Crippen LogP contribution in [0.15, 0.2) is 66.2 Å². The lowest BCUT2D eigenvalue weighted by Gasteiger charge is -2.35. The van der Waals surface area contributed by atoms with Crippen molar-refractivity contribution in [3.63, 3.8) is 0 Å². The maximum Gasteiger partial charge on any atom is 0.273 e. The maximum absolute atomic E-state index is 13.0. The molecule has 2 aromatic heterocycles. The summed E-state index contributed by atoms with van der Waals surface area (Å²) in [5.41, 5.74) is 4.08. The van der Waals surface area contributed by atoms with Gasteiger partial charge in [0, 0.05) is 49.1 Å². The minimum atomic E-state index is 0.0560. The number of likely N-dealkylation sites (tertiary alicyclic amines) is 1. The number of fused-ring (bicyclic) bond motifs is 1. The molecule has 1 aliphatic heterocycles. The highest BCUT2D eigenvalue weighted by Crippen LogP contribution is 2.24. The predicted molar refractivity (Wildman–Crippen MR) is 149 cm³/mol. The van der Waals surface area contributed by atoms with Crippen molar-refractivity contribution in [3.8, 4) is 5.75 Å². The first kappa shape index (κ1) is 25.4. The van der Waals surface area contributed by atoms with E-state index < -0.39 is 0 Å². The largest absolute Gasteiger partial charge is 0.494 e. The lowest BCUT2D eigenvalue weighted by Crippen LogP contribution is -2.44. The average molecular weight is 515 g/mol. The summed E-state index contributed by atoms with van der Waals surface area (Å²) in [6, 6.07) is 19.0. The van der Waals surface area contributed by atoms with E-state index >= 15 is 0 Å². The average Bonchev–Trinajstić information content (AvgIpc) is 3.35. The Morgan fingerprint density at radius 3 is 2.86 bits per heavy atom. The molecular formula is C30H34N4O2S. The Labute approximate surface area is 222 Å². The van der Waals surface area contributed by atoms with Gasteiger partial charge in [0.25, 0.3) is 5.91 Å². The van der Waals surface area contributed by atoms with Crippen LogP contribution in [0, 0.1) is 6.92 Å². The third kappa shape index (κ3) is 6.35. The predicted octanol–water partition coefficient (Wildman–Crippen LogP) is 6.10. The van der Waals surface area contributed by atoms with E-state index in [1.807, 2.05) is 35.5 Å². The Morgan fingerprint density at radius 1 is 1.14 bits per heavy atom. The number of rotatable bonds is 9. The van der Waals surface area contributed by atoms with Crippen LogP contribution in [0.25, 0.3) is 10.9 Å². The first-order valence-corrected chi connectivity index (χ1v) is 13.9. The fourth-order valence-electron chi connectivity index (χ4n) is 5.18. The molecular weight excluding hydrogens is 480 g/mol. The van der Waals surface area contributed by atoms with Crippen molar-refractivity contribution >= 4 is 28.1 Å². The molecule has 192 valence electrons. The molecule has 0 bridgehead atoms. The molecule has 1 fully saturated rings. The highest BCUT2D eigenvalue weighted by atomic mass is 32.1. The van der Waals surface area contributed by atoms with Crippen molar-refractivity contribution in [2.75, 3.05) is 20.2 Å². The van der Waals surface area contributed by atoms with Crippen molar-refractivity contribution in [2.45, 2.75) is 51.7 Å². The number of piperidine rings is 1. The standard InChI is InChI=1S/C30H34N4O2S/c1-22-32-28(21-37-22)30(35)34-16-4-3-12-26(34)14-17-36-27-13-5-8-23(18-27)19-33(2)20-25-10-6-9-24-11-7-15-31-29(24)25/h5-11,13,15,18,21,26H,3-4,12,14,16-17,19-20H2,1-2H3. The Hall–Kier alpha value is -3.29. The van der Waals surface area contributed by atoms with E-state index in [9.17, 15) is 4.79 Å². The molecule has 1 unspecified atom stereocenters. The molecule has 4 aromatic rings. The third-order valence-corrected chi connectivity index (χ3v) is 7.73. The molecule has 7 heteroatoms. The van der Waals surface area contributed by atoms with Gasteiger partial charge in [-0.3, -0.25) is 14.7 Å². The summed E-state index contributed by atoms with van der Waals surface area (Å²) in [6.45, 7) is 4.97. The quantitative estimate of drug-likeness (QED) is 0.270. The molecule has 1 aliphatic rings. The molecule has 1 amide bonds. The van der Waals surface area contributed by atoms with E-state index in [1.165, 1.54) is 27.8 Å². The number of hydrogen-bond donors (Lipinski definition) is 0. The van der Waals surface area contributed by atoms with Crippen LogP contribution in [0.1, 0.15) is 52.3 Å². The van der Waals surface area contributed by atoms with E-state index in [-0.39, 0.29) is 11.9 Å². The minimum absolute atomic E-state index is 0.0560. The number of amides is 1. The Morgan fingerprint density at radius 2 is 2.00 bits per heavy atom. The molecule has 1 atom stereocenters. The summed E-state index contributed by atoms with van der Waals surface area (Å²) in [5, 5.41) is 3.97. The number of aryl methyl sites for hydroxylation is 1. The summed E-state index contributed by atoms with van der Waals surface area (Å²) in [4.78, 5) is 26.3. The van der Waals surface area contributed by atoms with Crippen LogP contribution >= 0.6 is 11.3 Å². The number of ether oxygens (including phenoxy) is 1. The summed E-state index contributed by atoms with van der Waals surface area (Å²) in [6.07, 6.45) is 5.91. The van der Waals surface area contributed by atoms with E-state index in [0.717, 1.165) is 61.6 Å². The lowest BCUT2D eigenvalue weighted by atomic mass is 9.99. The number of para-hydroxylation sites is 1. The highest BCUT2D eigenvalue weighted by molar-refractivity contribution is 7.09. The lowest BCUT2D eigenvalue weighted by molar-refractivity contribution is 0.0575. The fourth-order valence-corrected chi connectivity index (χ4v) is 5.76. The van der Waals surface area contributed by atoms with Crippen molar-refractivity contribution in [3.05, 3.63) is 88.0 Å². The molecule has 0 spiro atoms. The number of carbonyl (C=O) groups is 1. The van der Waals surface area contributed by atoms with E-state index in [4.69, 9.17) is 4.74 Å². The molecule has 2 aromatic carbocycles. The third-order valence-electron chi connectivity index (χ3n) is 6.95. The van der Waals surface area contributed by atoms with Gasteiger partial charge < -0.3 is 9.64 Å². The van der Waals surface area contributed by atoms with E-state index in [2.05, 4.69) is 64.4 Å². The zero-order chi connectivity index (χ0) is 25.6. The summed E-state index contributed by atoms with van der Waals surface area (Å²) in [7, 11) is 2.13. The Bertz CT molecular complexity index is 1350. The first-order chi connectivity index (χ1) is 18.1. The summed E-state index contributed by atoms with van der Waals surface area (Å²) < 4.78 is 6.16. The smallest absolute Gasteiger partial charge is 0.273 e. The topological polar surface area (TPSA) is 58.6 Å². The van der Waals surface area contributed by atoms with Gasteiger partial charge in [-0.1, -0.05) is 36.4 Å². The number of hydrogen-bond acceptors (Lipinski definition) is 6. The molecule has 37 heavy (non-hydrogen) atoms. The molecule has 6 nitrogen and oxygen atoms in total. The number of carbonyl (C=O) groups excluding carboxylic acids is 1. The van der Waals surface area contributed by atoms with Gasteiger partial charge in [0.05, 0.1) is 17.1 Å². The van der Waals surface area contributed by atoms with Gasteiger partial charge in [-0.2, -0.15) is 0 Å². The van der Waals surface area contributed by atoms with Crippen LogP contribution in [-0.2, 0) is 13.1 Å². The molecule has 0 radical (unpaired) electrons. The van der Waals surface area contributed by atoms with Gasteiger partial charge in [0.15, 0.2) is 0 Å². The van der Waals surface area contributed by atoms with Crippen molar-refractivity contribution < 1.29 is 9.53 Å². The first-order valence-electron chi connectivity index (χ1n) is 13.0. The van der Waals surface area contributed by atoms with Gasteiger partial charge >= 0.3 is 0 Å². The van der Waals surface area contributed by atoms with Crippen molar-refractivity contribution in [1.82, 2.24) is 19.8 Å². The monoisotopic (exact) mass is 514 g/mol. The van der Waals surface area contributed by atoms with Gasteiger partial charge in [-0.25, -0.2) is 4.98 Å². The minimum Gasteiger partial charge on any atom is -0.494 e. The summed E-state index contributed by atoms with van der Waals surface area (Å²) in [5.74, 6) is 0.932. The number of aromatic nitrogens is 2. The van der Waals surface area contributed by atoms with Gasteiger partial charge in [0.2, 0.25) is 0 Å². The second kappa shape index (κ2) is 11.8. The van der Waals surface area contributed by atoms with Gasteiger partial charge in [-0.15, -0.1) is 11.3 Å². The second-order valence-corrected chi connectivity index (χ2v) is 10.9. The normalized spacial score (nSPS) is 15.9. The van der Waals surface area contributed by atoms with Crippen LogP contribution in [0.3, 0.4) is 0 Å². The zero-order valence-electron chi connectivity index (χ0n) is 21.6. The van der Waals surface area contributed by atoms with Crippen LogP contribution in [0.5, 0.6) is 5.75 Å². The maximum atomic E-state index is 13.0. The Kier molecular flexibility index (Phi) is 8.12. The van der Waals surface area contributed by atoms with E-state index in [0.29, 0.717) is 12.3 Å². The van der Waals surface area contributed by atoms with Gasteiger partial charge in [0.1, 0.15) is 11.4 Å². The molecule has 0 N–H and O–H groups in total. The highest BCUT2D eigenvalue weighted by Gasteiger charge is 2.28. The summed E-state index contributed by atoms with van der Waals surface area (Å²) >= 11 is 1.53. The van der Waals surface area contributed by atoms with Crippen molar-refractivity contribution in [1.29, 1.82) is 0 Å². The van der Waals surface area contributed by atoms with Crippen LogP contribution in [-0.4, -0.2) is 51.9 Å². The SMILES string of the molecule is Cc1nc(C(=O)N2CCCCC2CCOc2cccc(CN(C)Cc3cccc4cccnc34)c2)cs1. The number of pyridine rings is 1. The van der Waals surface area contributed by atoms with Crippen LogP contribution in [0.2, 0.25) is 0 Å². The van der Waals surface area contributed by atoms with E-state index in [1.54, 1.807) is 0 Å². The molecule has 3 heterocycles. The van der Waals surface area contributed by atoms with Crippen LogP contribution in [0.4, 0.5) is 0 Å². The van der Waals surface area contributed by atoms with Gasteiger partial charge in [-0.05, 0) is 62.6 Å². The second-order valence-electron chi connectivity index (χ2n) is 9.85. The van der Waals surface area contributed by atoms with Crippen LogP contribution < -0.4 is 4.74 Å². The molecule has 5 rings (SSSR count). The molecule has 1 saturated heterocycles.